The molecule has 0 bridgehead atoms. The van der Waals surface area contributed by atoms with Gasteiger partial charge in [0.2, 0.25) is 0 Å². The van der Waals surface area contributed by atoms with Crippen molar-refractivity contribution in [1.29, 1.82) is 0 Å². The number of thiophene rings is 1. The summed E-state index contributed by atoms with van der Waals surface area (Å²) in [4.78, 5) is 5.92. The molecule has 0 aliphatic heterocycles. The predicted octanol–water partition coefficient (Wildman–Crippen LogP) is 3.51. The lowest BCUT2D eigenvalue weighted by Gasteiger charge is -2.12. The van der Waals surface area contributed by atoms with Gasteiger partial charge in [0, 0.05) is 18.5 Å². The first-order valence-electron chi connectivity index (χ1n) is 9.29. The molecule has 0 atom stereocenters. The average Bonchev–Trinajstić information content (AvgIpc) is 3.35. The largest absolute Gasteiger partial charge is 0.494 e. The van der Waals surface area contributed by atoms with Gasteiger partial charge in [0.15, 0.2) is 11.8 Å². The van der Waals surface area contributed by atoms with Crippen molar-refractivity contribution < 1.29 is 4.74 Å². The summed E-state index contributed by atoms with van der Waals surface area (Å²) in [6.07, 6.45) is 0.873. The van der Waals surface area contributed by atoms with Gasteiger partial charge in [-0.2, -0.15) is 0 Å². The summed E-state index contributed by atoms with van der Waals surface area (Å²) < 4.78 is 7.69. The first kappa shape index (κ1) is 23.1. The van der Waals surface area contributed by atoms with Crippen molar-refractivity contribution in [3.8, 4) is 5.75 Å². The summed E-state index contributed by atoms with van der Waals surface area (Å²) in [6, 6.07) is 14.0. The lowest BCUT2D eigenvalue weighted by atomic mass is 10.3. The van der Waals surface area contributed by atoms with Crippen LogP contribution in [0.5, 0.6) is 5.75 Å². The summed E-state index contributed by atoms with van der Waals surface area (Å²) in [5.74, 6) is 3.37. The van der Waals surface area contributed by atoms with E-state index in [1.54, 1.807) is 11.3 Å². The third-order valence-corrected chi connectivity index (χ3v) is 5.07. The Morgan fingerprint density at radius 3 is 2.66 bits per heavy atom. The molecule has 7 nitrogen and oxygen atoms in total. The van der Waals surface area contributed by atoms with E-state index in [1.165, 1.54) is 4.88 Å². The molecule has 1 aromatic carbocycles. The Morgan fingerprint density at radius 2 is 1.97 bits per heavy atom. The van der Waals surface area contributed by atoms with Crippen LogP contribution in [0.25, 0.3) is 0 Å². The zero-order valence-corrected chi connectivity index (χ0v) is 19.8. The van der Waals surface area contributed by atoms with E-state index in [0.717, 1.165) is 42.9 Å². The molecule has 0 aliphatic carbocycles. The van der Waals surface area contributed by atoms with Crippen LogP contribution in [0.2, 0.25) is 0 Å². The molecule has 3 rings (SSSR count). The monoisotopic (exact) mass is 526 g/mol. The Hall–Kier alpha value is -2.14. The molecule has 0 aliphatic rings. The quantitative estimate of drug-likeness (QED) is 0.193. The molecule has 9 heteroatoms. The van der Waals surface area contributed by atoms with Gasteiger partial charge in [0.05, 0.1) is 13.2 Å². The molecule has 0 saturated carbocycles. The Bertz CT molecular complexity index is 866. The third-order valence-electron chi connectivity index (χ3n) is 4.20. The number of aliphatic imine (C=N–C) groups is 1. The van der Waals surface area contributed by atoms with Crippen LogP contribution in [0.3, 0.4) is 0 Å². The van der Waals surface area contributed by atoms with Crippen LogP contribution in [0.15, 0.2) is 52.8 Å². The van der Waals surface area contributed by atoms with Crippen LogP contribution in [0, 0.1) is 6.92 Å². The van der Waals surface area contributed by atoms with Crippen molar-refractivity contribution in [1.82, 2.24) is 25.4 Å². The fourth-order valence-corrected chi connectivity index (χ4v) is 3.13. The molecule has 2 N–H and O–H groups in total. The zero-order valence-electron chi connectivity index (χ0n) is 16.7. The van der Waals surface area contributed by atoms with E-state index in [-0.39, 0.29) is 24.0 Å². The summed E-state index contributed by atoms with van der Waals surface area (Å²) in [5, 5.41) is 17.1. The van der Waals surface area contributed by atoms with Crippen LogP contribution in [0.1, 0.15) is 22.9 Å². The molecule has 0 radical (unpaired) electrons. The molecule has 0 amide bonds. The minimum Gasteiger partial charge on any atom is -0.494 e. The van der Waals surface area contributed by atoms with E-state index in [0.29, 0.717) is 13.2 Å². The molecule has 29 heavy (non-hydrogen) atoms. The van der Waals surface area contributed by atoms with Crippen molar-refractivity contribution in [2.24, 2.45) is 12.0 Å². The number of nitrogens with zero attached hydrogens (tertiary/aromatic N) is 4. The van der Waals surface area contributed by atoms with E-state index in [9.17, 15) is 0 Å². The molecule has 0 spiro atoms. The first-order valence-corrected chi connectivity index (χ1v) is 10.2. The Balaban J connectivity index is 0.00000300. The highest BCUT2D eigenvalue weighted by molar-refractivity contribution is 14.0. The number of rotatable bonds is 9. The average molecular weight is 526 g/mol. The van der Waals surface area contributed by atoms with Gasteiger partial charge in [0.25, 0.3) is 0 Å². The number of para-hydroxylation sites is 1. The molecule has 3 aromatic rings. The maximum atomic E-state index is 5.73. The summed E-state index contributed by atoms with van der Waals surface area (Å²) in [5.41, 5.74) is 0. The first-order chi connectivity index (χ1) is 13.7. The molecular weight excluding hydrogens is 499 g/mol. The van der Waals surface area contributed by atoms with Gasteiger partial charge in [-0.1, -0.05) is 24.3 Å². The fourth-order valence-electron chi connectivity index (χ4n) is 2.48. The Labute approximate surface area is 192 Å². The SMILES string of the molecule is Cc1nnc(CN=C(NCCCOc2ccccc2)NCc2cccs2)n1C.I. The summed E-state index contributed by atoms with van der Waals surface area (Å²) in [7, 11) is 1.95. The van der Waals surface area contributed by atoms with E-state index >= 15 is 0 Å². The van der Waals surface area contributed by atoms with Gasteiger partial charge in [-0.25, -0.2) is 4.99 Å². The van der Waals surface area contributed by atoms with Crippen LogP contribution in [-0.2, 0) is 20.1 Å². The summed E-state index contributed by atoms with van der Waals surface area (Å²) >= 11 is 1.72. The van der Waals surface area contributed by atoms with E-state index < -0.39 is 0 Å². The van der Waals surface area contributed by atoms with Crippen LogP contribution < -0.4 is 15.4 Å². The van der Waals surface area contributed by atoms with Gasteiger partial charge in [-0.05, 0) is 36.9 Å². The van der Waals surface area contributed by atoms with Crippen LogP contribution >= 0.6 is 35.3 Å². The molecule has 0 unspecified atom stereocenters. The van der Waals surface area contributed by atoms with Crippen molar-refractivity contribution in [3.05, 3.63) is 64.4 Å². The van der Waals surface area contributed by atoms with Gasteiger partial charge in [-0.3, -0.25) is 0 Å². The number of benzene rings is 1. The van der Waals surface area contributed by atoms with Gasteiger partial charge < -0.3 is 19.9 Å². The summed E-state index contributed by atoms with van der Waals surface area (Å²) in [6.45, 7) is 4.55. The highest BCUT2D eigenvalue weighted by atomic mass is 127. The molecule has 2 heterocycles. The van der Waals surface area contributed by atoms with Crippen molar-refractivity contribution in [3.63, 3.8) is 0 Å². The minimum absolute atomic E-state index is 0. The number of halogens is 1. The second-order valence-electron chi connectivity index (χ2n) is 6.26. The second-order valence-corrected chi connectivity index (χ2v) is 7.29. The van der Waals surface area contributed by atoms with Crippen molar-refractivity contribution >= 4 is 41.3 Å². The fraction of sp³-hybridized carbons (Fsp3) is 0.350. The number of aryl methyl sites for hydroxylation is 1. The van der Waals surface area contributed by atoms with Crippen LogP contribution in [0.4, 0.5) is 0 Å². The number of ether oxygens (including phenoxy) is 1. The minimum atomic E-state index is 0. The van der Waals surface area contributed by atoms with Crippen LogP contribution in [-0.4, -0.2) is 33.9 Å². The topological polar surface area (TPSA) is 76.4 Å². The molecule has 156 valence electrons. The maximum absolute atomic E-state index is 5.73. The molecular formula is C20H27IN6OS. The Morgan fingerprint density at radius 1 is 1.14 bits per heavy atom. The van der Waals surface area contributed by atoms with E-state index in [4.69, 9.17) is 4.74 Å². The third kappa shape index (κ3) is 7.65. The number of hydrogen-bond acceptors (Lipinski definition) is 5. The maximum Gasteiger partial charge on any atom is 0.192 e. The zero-order chi connectivity index (χ0) is 19.6. The molecule has 0 fully saturated rings. The predicted molar refractivity (Wildman–Crippen MR) is 128 cm³/mol. The normalized spacial score (nSPS) is 11.0. The standard InChI is InChI=1S/C20H26N6OS.HI/c1-16-24-25-19(26(16)2)15-23-20(22-14-18-10-6-13-28-18)21-11-7-12-27-17-8-4-3-5-9-17;/h3-6,8-10,13H,7,11-12,14-15H2,1-2H3,(H2,21,22,23);1H. The Kier molecular flexibility index (Phi) is 9.92. The van der Waals surface area contributed by atoms with Gasteiger partial charge >= 0.3 is 0 Å². The molecule has 0 saturated heterocycles. The number of aromatic nitrogens is 3. The highest BCUT2D eigenvalue weighted by Gasteiger charge is 2.05. The van der Waals surface area contributed by atoms with Crippen molar-refractivity contribution in [2.45, 2.75) is 26.4 Å². The van der Waals surface area contributed by atoms with Gasteiger partial charge in [0.1, 0.15) is 18.1 Å². The number of hydrogen-bond donors (Lipinski definition) is 2. The number of guanidine groups is 1. The lowest BCUT2D eigenvalue weighted by molar-refractivity contribution is 0.311. The second kappa shape index (κ2) is 12.4. The van der Waals surface area contributed by atoms with E-state index in [2.05, 4.69) is 43.3 Å². The van der Waals surface area contributed by atoms with Crippen molar-refractivity contribution in [2.75, 3.05) is 13.2 Å². The van der Waals surface area contributed by atoms with E-state index in [1.807, 2.05) is 48.9 Å². The smallest absolute Gasteiger partial charge is 0.192 e. The number of nitrogens with one attached hydrogen (secondary N) is 2. The lowest BCUT2D eigenvalue weighted by Crippen LogP contribution is -2.37. The highest BCUT2D eigenvalue weighted by Crippen LogP contribution is 2.08. The molecule has 2 aromatic heterocycles. The van der Waals surface area contributed by atoms with Gasteiger partial charge in [-0.15, -0.1) is 45.5 Å².